The van der Waals surface area contributed by atoms with Gasteiger partial charge < -0.3 is 4.74 Å². The zero-order valence-corrected chi connectivity index (χ0v) is 14.8. The Hall–Kier alpha value is -3.11. The molecule has 1 amide bonds. The van der Waals surface area contributed by atoms with E-state index in [1.807, 2.05) is 22.4 Å². The van der Waals surface area contributed by atoms with E-state index < -0.39 is 28.0 Å². The molecule has 0 saturated heterocycles. The number of fused-ring (bicyclic) bond motifs is 1. The summed E-state index contributed by atoms with van der Waals surface area (Å²) in [4.78, 5) is 13.9. The van der Waals surface area contributed by atoms with Gasteiger partial charge in [0.25, 0.3) is 15.9 Å². The Morgan fingerprint density at radius 1 is 0.893 bits per heavy atom. The second kappa shape index (κ2) is 7.49. The largest absolute Gasteiger partial charge is 0.573 e. The molecule has 0 radical (unpaired) electrons. The predicted molar refractivity (Wildman–Crippen MR) is 94.9 cm³/mol. The van der Waals surface area contributed by atoms with E-state index in [2.05, 4.69) is 4.74 Å². The molecule has 6 nitrogen and oxygen atoms in total. The van der Waals surface area contributed by atoms with Crippen LogP contribution in [0.4, 0.5) is 13.2 Å². The standard InChI is InChI=1S/C18H13F3N2O4S/c19-18(20,21)27-15-8-5-13(6-9-15)17(24)22-23-28(25,26)16-10-7-12-3-1-2-4-14(12)11-16/h1-11,23H,(H,22,24). The summed E-state index contributed by atoms with van der Waals surface area (Å²) in [5, 5.41) is 1.56. The summed E-state index contributed by atoms with van der Waals surface area (Å²) in [5.41, 5.74) is 1.95. The summed E-state index contributed by atoms with van der Waals surface area (Å²) in [6, 6.07) is 15.7. The molecule has 0 aliphatic carbocycles. The monoisotopic (exact) mass is 410 g/mol. The minimum Gasteiger partial charge on any atom is -0.406 e. The van der Waals surface area contributed by atoms with Crippen LogP contribution in [0.3, 0.4) is 0 Å². The lowest BCUT2D eigenvalue weighted by atomic mass is 10.1. The maximum Gasteiger partial charge on any atom is 0.573 e. The molecule has 0 heterocycles. The van der Waals surface area contributed by atoms with Gasteiger partial charge in [0.1, 0.15) is 5.75 Å². The van der Waals surface area contributed by atoms with Crippen molar-refractivity contribution in [3.63, 3.8) is 0 Å². The minimum atomic E-state index is -4.85. The SMILES string of the molecule is O=C(NNS(=O)(=O)c1ccc2ccccc2c1)c1ccc(OC(F)(F)F)cc1. The molecule has 0 saturated carbocycles. The second-order valence-electron chi connectivity index (χ2n) is 5.64. The molecule has 28 heavy (non-hydrogen) atoms. The molecule has 0 aliphatic rings. The van der Waals surface area contributed by atoms with Crippen LogP contribution in [0, 0.1) is 0 Å². The topological polar surface area (TPSA) is 84.5 Å². The van der Waals surface area contributed by atoms with Gasteiger partial charge in [-0.2, -0.15) is 0 Å². The molecular weight excluding hydrogens is 397 g/mol. The van der Waals surface area contributed by atoms with Gasteiger partial charge in [-0.1, -0.05) is 30.3 Å². The van der Waals surface area contributed by atoms with Crippen molar-refractivity contribution in [1.29, 1.82) is 0 Å². The molecule has 0 unspecified atom stereocenters. The number of halogens is 3. The molecule has 0 aromatic heterocycles. The summed E-state index contributed by atoms with van der Waals surface area (Å²) in [7, 11) is -4.04. The van der Waals surface area contributed by atoms with Gasteiger partial charge >= 0.3 is 6.36 Å². The number of amides is 1. The average Bonchev–Trinajstić information content (AvgIpc) is 2.65. The third-order valence-electron chi connectivity index (χ3n) is 3.68. The van der Waals surface area contributed by atoms with Crippen molar-refractivity contribution >= 4 is 26.7 Å². The number of rotatable bonds is 5. The number of hydrogen-bond acceptors (Lipinski definition) is 4. The lowest BCUT2D eigenvalue weighted by molar-refractivity contribution is -0.274. The van der Waals surface area contributed by atoms with Crippen molar-refractivity contribution in [2.75, 3.05) is 0 Å². The zero-order valence-electron chi connectivity index (χ0n) is 14.0. The van der Waals surface area contributed by atoms with Crippen molar-refractivity contribution in [2.45, 2.75) is 11.3 Å². The van der Waals surface area contributed by atoms with E-state index >= 15 is 0 Å². The Balaban J connectivity index is 1.68. The quantitative estimate of drug-likeness (QED) is 0.632. The van der Waals surface area contributed by atoms with E-state index in [1.165, 1.54) is 12.1 Å². The third-order valence-corrected chi connectivity index (χ3v) is 4.93. The summed E-state index contributed by atoms with van der Waals surface area (Å²) < 4.78 is 64.8. The van der Waals surface area contributed by atoms with Crippen LogP contribution in [-0.4, -0.2) is 20.7 Å². The van der Waals surface area contributed by atoms with E-state index in [1.54, 1.807) is 18.2 Å². The Kier molecular flexibility index (Phi) is 5.25. The van der Waals surface area contributed by atoms with Gasteiger partial charge in [0, 0.05) is 5.56 Å². The maximum atomic E-state index is 12.4. The van der Waals surface area contributed by atoms with Crippen LogP contribution in [0.2, 0.25) is 0 Å². The fourth-order valence-electron chi connectivity index (χ4n) is 2.39. The summed E-state index contributed by atoms with van der Waals surface area (Å²) >= 11 is 0. The van der Waals surface area contributed by atoms with Gasteiger partial charge in [-0.25, -0.2) is 8.42 Å². The van der Waals surface area contributed by atoms with Gasteiger partial charge in [0.05, 0.1) is 4.90 Å². The van der Waals surface area contributed by atoms with Gasteiger partial charge in [0.2, 0.25) is 0 Å². The van der Waals surface area contributed by atoms with Crippen LogP contribution in [-0.2, 0) is 10.0 Å². The van der Waals surface area contributed by atoms with Crippen LogP contribution >= 0.6 is 0 Å². The number of carbonyl (C=O) groups excluding carboxylic acids is 1. The number of sulfonamides is 1. The van der Waals surface area contributed by atoms with Gasteiger partial charge in [-0.05, 0) is 47.2 Å². The third kappa shape index (κ3) is 4.78. The molecule has 3 aromatic carbocycles. The number of benzene rings is 3. The summed E-state index contributed by atoms with van der Waals surface area (Å²) in [5.74, 6) is -1.34. The van der Waals surface area contributed by atoms with Crippen LogP contribution in [0.5, 0.6) is 5.75 Å². The number of carbonyl (C=O) groups is 1. The Morgan fingerprint density at radius 3 is 2.18 bits per heavy atom. The molecular formula is C18H13F3N2O4S. The molecule has 146 valence electrons. The number of hydrazine groups is 1. The number of nitrogens with one attached hydrogen (secondary N) is 2. The minimum absolute atomic E-state index is 0.0552. The van der Waals surface area contributed by atoms with Crippen LogP contribution in [0.1, 0.15) is 10.4 Å². The molecule has 3 rings (SSSR count). The molecule has 0 aliphatic heterocycles. The highest BCUT2D eigenvalue weighted by Gasteiger charge is 2.31. The molecule has 3 aromatic rings. The highest BCUT2D eigenvalue weighted by molar-refractivity contribution is 7.89. The normalized spacial score (nSPS) is 12.0. The Morgan fingerprint density at radius 2 is 1.54 bits per heavy atom. The second-order valence-corrected chi connectivity index (χ2v) is 7.32. The Bertz CT molecular complexity index is 1110. The van der Waals surface area contributed by atoms with Gasteiger partial charge in [-0.3, -0.25) is 10.2 Å². The molecule has 0 fully saturated rings. The molecule has 2 N–H and O–H groups in total. The van der Waals surface area contributed by atoms with Crippen molar-refractivity contribution < 1.29 is 31.1 Å². The molecule has 0 atom stereocenters. The van der Waals surface area contributed by atoms with Crippen molar-refractivity contribution in [3.8, 4) is 5.75 Å². The van der Waals surface area contributed by atoms with E-state index in [9.17, 15) is 26.4 Å². The predicted octanol–water partition coefficient (Wildman–Crippen LogP) is 3.36. The van der Waals surface area contributed by atoms with Crippen LogP contribution in [0.15, 0.2) is 71.6 Å². The number of ether oxygens (including phenoxy) is 1. The molecule has 0 bridgehead atoms. The van der Waals surface area contributed by atoms with E-state index in [0.717, 1.165) is 29.7 Å². The van der Waals surface area contributed by atoms with Crippen LogP contribution < -0.4 is 15.0 Å². The van der Waals surface area contributed by atoms with Gasteiger partial charge in [-0.15, -0.1) is 18.0 Å². The zero-order chi connectivity index (χ0) is 20.4. The summed E-state index contributed by atoms with van der Waals surface area (Å²) in [6.45, 7) is 0. The number of hydrogen-bond donors (Lipinski definition) is 2. The van der Waals surface area contributed by atoms with E-state index in [4.69, 9.17) is 0 Å². The van der Waals surface area contributed by atoms with Gasteiger partial charge in [0.15, 0.2) is 0 Å². The fraction of sp³-hybridized carbons (Fsp3) is 0.0556. The van der Waals surface area contributed by atoms with Crippen LogP contribution in [0.25, 0.3) is 10.8 Å². The van der Waals surface area contributed by atoms with Crippen molar-refractivity contribution in [2.24, 2.45) is 0 Å². The van der Waals surface area contributed by atoms with E-state index in [-0.39, 0.29) is 10.5 Å². The smallest absolute Gasteiger partial charge is 0.406 e. The van der Waals surface area contributed by atoms with Crippen molar-refractivity contribution in [1.82, 2.24) is 10.3 Å². The molecule has 0 spiro atoms. The first-order valence-electron chi connectivity index (χ1n) is 7.81. The number of alkyl halides is 3. The fourth-order valence-corrected chi connectivity index (χ4v) is 3.26. The lowest BCUT2D eigenvalue weighted by Gasteiger charge is -2.11. The first-order valence-corrected chi connectivity index (χ1v) is 9.29. The highest BCUT2D eigenvalue weighted by atomic mass is 32.2. The Labute approximate surface area is 158 Å². The first kappa shape index (κ1) is 19.6. The van der Waals surface area contributed by atoms with E-state index in [0.29, 0.717) is 5.39 Å². The maximum absolute atomic E-state index is 12.4. The lowest BCUT2D eigenvalue weighted by Crippen LogP contribution is -2.41. The highest BCUT2D eigenvalue weighted by Crippen LogP contribution is 2.23. The molecule has 10 heteroatoms. The van der Waals surface area contributed by atoms with Crippen molar-refractivity contribution in [3.05, 3.63) is 72.3 Å². The first-order chi connectivity index (χ1) is 13.1. The average molecular weight is 410 g/mol. The summed E-state index contributed by atoms with van der Waals surface area (Å²) in [6.07, 6.45) is -4.85.